The molecule has 0 heterocycles. The van der Waals surface area contributed by atoms with E-state index < -0.39 is 0 Å². The Bertz CT molecular complexity index is 543. The molecule has 0 aromatic heterocycles. The van der Waals surface area contributed by atoms with E-state index in [0.717, 1.165) is 36.9 Å². The lowest BCUT2D eigenvalue weighted by molar-refractivity contribution is -0.120. The molecular formula is C47H108O5. The van der Waals surface area contributed by atoms with Gasteiger partial charge in [-0.15, -0.1) is 0 Å². The van der Waals surface area contributed by atoms with E-state index in [4.69, 9.17) is 4.79 Å². The molecule has 0 rings (SSSR count). The van der Waals surface area contributed by atoms with Crippen LogP contribution >= 0.6 is 0 Å². The van der Waals surface area contributed by atoms with Gasteiger partial charge in [0.05, 0.1) is 0 Å². The fourth-order valence-corrected chi connectivity index (χ4v) is 0.706. The molecule has 0 atom stereocenters. The molecule has 0 aliphatic carbocycles. The number of unbranched alkanes of at least 4 members (excludes halogenated alkanes) is 3. The van der Waals surface area contributed by atoms with Crippen LogP contribution in [0.2, 0.25) is 0 Å². The fourth-order valence-electron chi connectivity index (χ4n) is 0.706. The highest BCUT2D eigenvalue weighted by molar-refractivity contribution is 5.77. The number of carbonyl (C=O) groups is 5. The molecular weight excluding hydrogens is 645 g/mol. The van der Waals surface area contributed by atoms with Gasteiger partial charge in [-0.3, -0.25) is 4.79 Å². The summed E-state index contributed by atoms with van der Waals surface area (Å²) >= 11 is 0. The predicted molar refractivity (Wildman–Crippen MR) is 244 cm³/mol. The second-order valence-electron chi connectivity index (χ2n) is 13.8. The number of Topliss-reactive ketones (excluding diaryl/α,β-unsaturated/α-hetero) is 4. The van der Waals surface area contributed by atoms with Crippen LogP contribution in [-0.4, -0.2) is 29.4 Å². The van der Waals surface area contributed by atoms with Crippen molar-refractivity contribution in [1.82, 2.24) is 0 Å². The van der Waals surface area contributed by atoms with Crippen molar-refractivity contribution in [2.45, 2.75) is 258 Å². The van der Waals surface area contributed by atoms with Crippen molar-refractivity contribution in [3.63, 3.8) is 0 Å². The lowest BCUT2D eigenvalue weighted by atomic mass is 10.1. The van der Waals surface area contributed by atoms with Crippen LogP contribution in [0.25, 0.3) is 0 Å². The quantitative estimate of drug-likeness (QED) is 0.219. The summed E-state index contributed by atoms with van der Waals surface area (Å²) in [6.07, 6.45) is 13.7. The molecule has 0 amide bonds. The molecule has 0 fully saturated rings. The molecule has 0 saturated carbocycles. The molecule has 52 heavy (non-hydrogen) atoms. The molecule has 0 aliphatic rings. The first-order valence-corrected chi connectivity index (χ1v) is 21.2. The number of carbonyl (C=O) groups excluding carboxylic acids is 5. The largest absolute Gasteiger partial charge is 0.304 e. The van der Waals surface area contributed by atoms with Crippen molar-refractivity contribution in [3.8, 4) is 0 Å². The van der Waals surface area contributed by atoms with Gasteiger partial charge in [0.2, 0.25) is 0 Å². The van der Waals surface area contributed by atoms with E-state index >= 15 is 0 Å². The second-order valence-corrected chi connectivity index (χ2v) is 13.8. The molecule has 0 bridgehead atoms. The van der Waals surface area contributed by atoms with Crippen LogP contribution in [-0.2, 0) is 24.0 Å². The third kappa shape index (κ3) is 526. The molecule has 0 N–H and O–H groups in total. The Morgan fingerprint density at radius 1 is 0.500 bits per heavy atom. The van der Waals surface area contributed by atoms with E-state index in [1.54, 1.807) is 20.8 Å². The van der Waals surface area contributed by atoms with Crippen molar-refractivity contribution in [3.05, 3.63) is 0 Å². The fraction of sp³-hybridized carbons (Fsp3) is 0.894. The first-order valence-electron chi connectivity index (χ1n) is 21.2. The summed E-state index contributed by atoms with van der Waals surface area (Å²) in [5.41, 5.74) is 0. The summed E-state index contributed by atoms with van der Waals surface area (Å²) < 4.78 is 0. The van der Waals surface area contributed by atoms with Crippen LogP contribution in [0.5, 0.6) is 0 Å². The lowest BCUT2D eigenvalue weighted by Crippen LogP contribution is -1.98. The van der Waals surface area contributed by atoms with Crippen LogP contribution in [0.1, 0.15) is 258 Å². The van der Waals surface area contributed by atoms with Crippen molar-refractivity contribution in [2.24, 2.45) is 23.7 Å². The minimum absolute atomic E-state index is 0.167. The highest BCUT2D eigenvalue weighted by Gasteiger charge is 1.95. The van der Waals surface area contributed by atoms with Crippen molar-refractivity contribution in [1.29, 1.82) is 0 Å². The number of rotatable bonds is 9. The SMILES string of the molecule is CC.CC(=O)C(C)C.CC(C)=O.CC(C)C.CC=O.CCC.CCC(C)=O.CCC(C)C.CCC(C)C.CCCC.CCCC(C)=O.CCCCC. The van der Waals surface area contributed by atoms with E-state index in [1.807, 2.05) is 41.5 Å². The van der Waals surface area contributed by atoms with E-state index in [9.17, 15) is 19.2 Å². The van der Waals surface area contributed by atoms with Gasteiger partial charge in [-0.25, -0.2) is 0 Å². The molecule has 0 spiro atoms. The predicted octanol–water partition coefficient (Wildman–Crippen LogP) is 16.6. The molecule has 326 valence electrons. The Morgan fingerprint density at radius 2 is 0.673 bits per heavy atom. The first-order chi connectivity index (χ1) is 23.8. The highest BCUT2D eigenvalue weighted by Crippen LogP contribution is 1.94. The summed E-state index contributed by atoms with van der Waals surface area (Å²) in [5.74, 6) is 3.78. The van der Waals surface area contributed by atoms with Crippen LogP contribution < -0.4 is 0 Å². The zero-order valence-corrected chi connectivity index (χ0v) is 41.7. The zero-order chi connectivity index (χ0) is 45.1. The maximum atomic E-state index is 10.1. The Morgan fingerprint density at radius 3 is 0.673 bits per heavy atom. The number of hydrogen-bond acceptors (Lipinski definition) is 5. The van der Waals surface area contributed by atoms with Gasteiger partial charge in [0.25, 0.3) is 0 Å². The molecule has 5 heteroatoms. The van der Waals surface area contributed by atoms with E-state index in [2.05, 4.69) is 104 Å². The van der Waals surface area contributed by atoms with E-state index in [1.165, 1.54) is 72.1 Å². The molecule has 0 aromatic carbocycles. The van der Waals surface area contributed by atoms with Crippen LogP contribution in [0, 0.1) is 23.7 Å². The molecule has 0 radical (unpaired) electrons. The van der Waals surface area contributed by atoms with Gasteiger partial charge in [-0.1, -0.05) is 197 Å². The van der Waals surface area contributed by atoms with Crippen molar-refractivity contribution in [2.75, 3.05) is 0 Å². The number of hydrogen-bond donors (Lipinski definition) is 0. The van der Waals surface area contributed by atoms with Crippen molar-refractivity contribution < 1.29 is 24.0 Å². The van der Waals surface area contributed by atoms with Crippen LogP contribution in [0.15, 0.2) is 0 Å². The molecule has 0 aliphatic heterocycles. The maximum Gasteiger partial charge on any atom is 0.132 e. The van der Waals surface area contributed by atoms with Crippen LogP contribution in [0.3, 0.4) is 0 Å². The summed E-state index contributed by atoms with van der Waals surface area (Å²) in [5, 5.41) is 0. The van der Waals surface area contributed by atoms with Gasteiger partial charge in [-0.05, 0) is 65.7 Å². The smallest absolute Gasteiger partial charge is 0.132 e. The Balaban J connectivity index is -0.0000000339. The second kappa shape index (κ2) is 97.8. The summed E-state index contributed by atoms with van der Waals surface area (Å²) in [6, 6.07) is 0. The average Bonchev–Trinajstić information content (AvgIpc) is 3.04. The summed E-state index contributed by atoms with van der Waals surface area (Å²) in [6.45, 7) is 53.8. The summed E-state index contributed by atoms with van der Waals surface area (Å²) in [4.78, 5) is 48.2. The number of ketones is 4. The first kappa shape index (κ1) is 83.4. The van der Waals surface area contributed by atoms with Gasteiger partial charge in [0.15, 0.2) is 0 Å². The Hall–Kier alpha value is -1.65. The zero-order valence-electron chi connectivity index (χ0n) is 41.7. The van der Waals surface area contributed by atoms with Gasteiger partial charge < -0.3 is 19.2 Å². The van der Waals surface area contributed by atoms with E-state index in [-0.39, 0.29) is 29.1 Å². The third-order valence-corrected chi connectivity index (χ3v) is 4.75. The van der Waals surface area contributed by atoms with Crippen molar-refractivity contribution >= 4 is 29.4 Å². The maximum absolute atomic E-state index is 10.1. The van der Waals surface area contributed by atoms with Gasteiger partial charge in [0.1, 0.15) is 29.4 Å². The Kier molecular flexibility index (Phi) is 157. The van der Waals surface area contributed by atoms with Gasteiger partial charge in [-0.2, -0.15) is 0 Å². The Labute approximate surface area is 333 Å². The topological polar surface area (TPSA) is 85.3 Å². The van der Waals surface area contributed by atoms with Gasteiger partial charge in [0, 0.05) is 18.8 Å². The molecule has 5 nitrogen and oxygen atoms in total. The molecule has 0 saturated heterocycles. The van der Waals surface area contributed by atoms with Crippen LogP contribution in [0.4, 0.5) is 0 Å². The normalized spacial score (nSPS) is 7.90. The lowest BCUT2D eigenvalue weighted by Gasteiger charge is -1.90. The number of aldehydes is 1. The highest BCUT2D eigenvalue weighted by atomic mass is 16.1. The molecule has 0 unspecified atom stereocenters. The average molecular weight is 753 g/mol. The van der Waals surface area contributed by atoms with Gasteiger partial charge >= 0.3 is 0 Å². The minimum atomic E-state index is 0.167. The third-order valence-electron chi connectivity index (χ3n) is 4.75. The minimum Gasteiger partial charge on any atom is -0.304 e. The van der Waals surface area contributed by atoms with E-state index in [0.29, 0.717) is 6.42 Å². The standard InChI is InChI=1S/2C5H10O.3C5H12.C4H8O.2C4H10.C3H6O.C3H8.C2H4O.C2H6/c1-4(2)5(3)6;1-3-4-5(2)6;2*1-4-5(2)3;1-3-5-4-2;1-3-4(2)5;1-4(2)3;1-3-4-2;1-3(2)4;1-3-2;1-2-3;1-2/h4H,1-3H3;3-4H2,1-2H3;2*5H,4H2,1-3H3;3-5H2,1-2H3;3H2,1-2H3;4H,1-3H3;3-4H2,1-2H3;1-2H3;3H2,1-2H3;2H,1H3;1-2H3. The monoisotopic (exact) mass is 753 g/mol. The molecule has 0 aromatic rings. The summed E-state index contributed by atoms with van der Waals surface area (Å²) in [7, 11) is 0.